The van der Waals surface area contributed by atoms with Gasteiger partial charge in [-0.05, 0) is 38.5 Å². The molecule has 2 atom stereocenters. The van der Waals surface area contributed by atoms with E-state index in [0.29, 0.717) is 12.8 Å². The van der Waals surface area contributed by atoms with Gasteiger partial charge in [0.1, 0.15) is 12.6 Å². The van der Waals surface area contributed by atoms with Crippen molar-refractivity contribution >= 4 is 17.9 Å². The van der Waals surface area contributed by atoms with E-state index in [9.17, 15) is 19.5 Å². The maximum absolute atomic E-state index is 12.7. The molecule has 0 amide bonds. The van der Waals surface area contributed by atoms with E-state index in [1.807, 2.05) is 0 Å². The predicted octanol–water partition coefficient (Wildman–Crippen LogP) is 12.7. The van der Waals surface area contributed by atoms with E-state index in [1.165, 1.54) is 128 Å². The Morgan fingerprint density at radius 3 is 1.39 bits per heavy atom. The quantitative estimate of drug-likeness (QED) is 0.0260. The van der Waals surface area contributed by atoms with Gasteiger partial charge in [-0.2, -0.15) is 0 Å². The van der Waals surface area contributed by atoms with Gasteiger partial charge < -0.3 is 28.6 Å². The molecule has 8 nitrogen and oxygen atoms in total. The molecular weight excluding hydrogens is 739 g/mol. The summed E-state index contributed by atoms with van der Waals surface area (Å²) in [4.78, 5) is 36.9. The zero-order chi connectivity index (χ0) is 43.5. The number of carbonyl (C=O) groups excluding carboxylic acids is 3. The van der Waals surface area contributed by atoms with Crippen LogP contribution in [-0.2, 0) is 28.6 Å². The Balaban J connectivity index is 4.13. The zero-order valence-electron chi connectivity index (χ0n) is 39.4. The third kappa shape index (κ3) is 41.0. The topological polar surface area (TPSA) is 102 Å². The van der Waals surface area contributed by atoms with Crippen molar-refractivity contribution in [1.29, 1.82) is 0 Å². The molecule has 0 N–H and O–H groups in total. The molecule has 59 heavy (non-hydrogen) atoms. The molecule has 0 aromatic carbocycles. The highest BCUT2D eigenvalue weighted by Crippen LogP contribution is 2.17. The molecule has 0 radical (unpaired) electrons. The summed E-state index contributed by atoms with van der Waals surface area (Å²) in [5.74, 6) is -1.74. The second-order valence-corrected chi connectivity index (χ2v) is 18.0. The summed E-state index contributed by atoms with van der Waals surface area (Å²) in [5, 5.41) is 11.6. The van der Waals surface area contributed by atoms with E-state index in [0.717, 1.165) is 70.6 Å². The van der Waals surface area contributed by atoms with Crippen LogP contribution in [0.5, 0.6) is 0 Å². The molecule has 0 aromatic rings. The van der Waals surface area contributed by atoms with Gasteiger partial charge in [-0.1, -0.05) is 199 Å². The van der Waals surface area contributed by atoms with Gasteiger partial charge in [-0.25, -0.2) is 0 Å². The molecular formula is C51H95NO7. The molecule has 0 fully saturated rings. The van der Waals surface area contributed by atoms with Gasteiger partial charge in [0.25, 0.3) is 0 Å². The van der Waals surface area contributed by atoms with Gasteiger partial charge in [-0.15, -0.1) is 0 Å². The Labute approximate surface area is 364 Å². The maximum atomic E-state index is 12.7. The SMILES string of the molecule is CC/C=C/C/C=C/CCCCCCCC(=O)OC(COCCC(C(=O)[O-])[N+](C)(C)C)COC(=O)CCCCCCCCCCCCCCCCCCCCCCCCC. The van der Waals surface area contributed by atoms with Crippen molar-refractivity contribution in [2.24, 2.45) is 0 Å². The highest BCUT2D eigenvalue weighted by molar-refractivity contribution is 5.70. The van der Waals surface area contributed by atoms with Gasteiger partial charge in [0, 0.05) is 19.3 Å². The fraction of sp³-hybridized carbons (Fsp3) is 0.863. The zero-order valence-corrected chi connectivity index (χ0v) is 39.4. The highest BCUT2D eigenvalue weighted by Gasteiger charge is 2.25. The summed E-state index contributed by atoms with van der Waals surface area (Å²) in [6.45, 7) is 4.57. The summed E-state index contributed by atoms with van der Waals surface area (Å²) < 4.78 is 17.2. The molecule has 346 valence electrons. The van der Waals surface area contributed by atoms with Crippen LogP contribution in [0.3, 0.4) is 0 Å². The summed E-state index contributed by atoms with van der Waals surface area (Å²) in [7, 11) is 5.41. The van der Waals surface area contributed by atoms with E-state index in [1.54, 1.807) is 21.1 Å². The molecule has 0 saturated carbocycles. The van der Waals surface area contributed by atoms with E-state index in [2.05, 4.69) is 38.2 Å². The van der Waals surface area contributed by atoms with Crippen molar-refractivity contribution in [3.05, 3.63) is 24.3 Å². The first-order valence-electron chi connectivity index (χ1n) is 24.9. The summed E-state index contributed by atoms with van der Waals surface area (Å²) in [5.41, 5.74) is 0. The normalized spacial score (nSPS) is 13.0. The molecule has 0 bridgehead atoms. The summed E-state index contributed by atoms with van der Waals surface area (Å²) in [6, 6.07) is -0.725. The molecule has 0 saturated heterocycles. The number of unbranched alkanes of at least 4 members (excludes halogenated alkanes) is 27. The lowest BCUT2D eigenvalue weighted by Gasteiger charge is -2.34. The molecule has 0 aliphatic carbocycles. The third-order valence-electron chi connectivity index (χ3n) is 11.4. The minimum atomic E-state index is -1.13. The second kappa shape index (κ2) is 42.5. The molecule has 0 spiro atoms. The summed E-state index contributed by atoms with van der Waals surface area (Å²) in [6.07, 6.45) is 47.9. The molecule has 0 rings (SSSR count). The molecule has 0 aromatic heterocycles. The first kappa shape index (κ1) is 56.8. The van der Waals surface area contributed by atoms with Crippen LogP contribution >= 0.6 is 0 Å². The van der Waals surface area contributed by atoms with Crippen molar-refractivity contribution in [3.63, 3.8) is 0 Å². The van der Waals surface area contributed by atoms with E-state index in [4.69, 9.17) is 14.2 Å². The van der Waals surface area contributed by atoms with Crippen LogP contribution in [-0.4, -0.2) is 75.5 Å². The molecule has 2 unspecified atom stereocenters. The smallest absolute Gasteiger partial charge is 0.306 e. The number of carboxylic acids is 1. The number of carbonyl (C=O) groups is 3. The lowest BCUT2D eigenvalue weighted by atomic mass is 10.0. The van der Waals surface area contributed by atoms with Crippen LogP contribution in [0.1, 0.15) is 232 Å². The van der Waals surface area contributed by atoms with Gasteiger partial charge in [0.2, 0.25) is 0 Å². The number of carboxylic acid groups (broad SMARTS) is 1. The Hall–Kier alpha value is -2.19. The lowest BCUT2D eigenvalue weighted by molar-refractivity contribution is -0.889. The van der Waals surface area contributed by atoms with Crippen LogP contribution in [0.15, 0.2) is 24.3 Å². The Kier molecular flexibility index (Phi) is 40.9. The number of quaternary nitrogens is 1. The number of hydrogen-bond acceptors (Lipinski definition) is 7. The number of ether oxygens (including phenoxy) is 3. The van der Waals surface area contributed by atoms with Gasteiger partial charge in [0.15, 0.2) is 6.10 Å². The summed E-state index contributed by atoms with van der Waals surface area (Å²) >= 11 is 0. The standard InChI is InChI=1S/C51H95NO7/c1-6-8-10-12-14-16-18-20-21-22-23-24-25-26-27-28-29-30-32-33-35-37-39-41-49(53)58-46-47(45-57-44-43-48(51(55)56)52(3,4)5)59-50(54)42-40-38-36-34-31-19-17-15-13-11-9-7-2/h9,11,15,17,47-48H,6-8,10,12-14,16,18-46H2,1-5H3/b11-9+,17-15+. The highest BCUT2D eigenvalue weighted by atomic mass is 16.6. The minimum absolute atomic E-state index is 0.0388. The lowest BCUT2D eigenvalue weighted by Crippen LogP contribution is -2.55. The maximum Gasteiger partial charge on any atom is 0.306 e. The largest absolute Gasteiger partial charge is 0.544 e. The van der Waals surface area contributed by atoms with Gasteiger partial charge in [0.05, 0.1) is 40.3 Å². The molecule has 0 heterocycles. The second-order valence-electron chi connectivity index (χ2n) is 18.0. The van der Waals surface area contributed by atoms with Crippen LogP contribution in [0.25, 0.3) is 0 Å². The third-order valence-corrected chi connectivity index (χ3v) is 11.4. The Bertz CT molecular complexity index is 1020. The van der Waals surface area contributed by atoms with Crippen molar-refractivity contribution in [2.45, 2.75) is 244 Å². The number of likely N-dealkylation sites (N-methyl/N-ethyl adjacent to an activating group) is 1. The fourth-order valence-corrected chi connectivity index (χ4v) is 7.52. The van der Waals surface area contributed by atoms with Gasteiger partial charge in [-0.3, -0.25) is 9.59 Å². The number of nitrogens with zero attached hydrogens (tertiary/aromatic N) is 1. The number of rotatable bonds is 45. The molecule has 8 heteroatoms. The van der Waals surface area contributed by atoms with E-state index >= 15 is 0 Å². The Morgan fingerprint density at radius 1 is 0.525 bits per heavy atom. The van der Waals surface area contributed by atoms with Crippen LogP contribution < -0.4 is 5.11 Å². The van der Waals surface area contributed by atoms with E-state index in [-0.39, 0.29) is 42.7 Å². The number of allylic oxidation sites excluding steroid dienone is 4. The molecule has 0 aliphatic rings. The van der Waals surface area contributed by atoms with E-state index < -0.39 is 18.1 Å². The average molecular weight is 834 g/mol. The number of hydrogen-bond donors (Lipinski definition) is 0. The minimum Gasteiger partial charge on any atom is -0.544 e. The fourth-order valence-electron chi connectivity index (χ4n) is 7.52. The van der Waals surface area contributed by atoms with Crippen molar-refractivity contribution < 1.29 is 38.2 Å². The van der Waals surface area contributed by atoms with Gasteiger partial charge >= 0.3 is 11.9 Å². The monoisotopic (exact) mass is 834 g/mol. The number of aliphatic carboxylic acids is 1. The van der Waals surface area contributed by atoms with Crippen LogP contribution in [0.2, 0.25) is 0 Å². The van der Waals surface area contributed by atoms with Crippen molar-refractivity contribution in [3.8, 4) is 0 Å². The molecule has 0 aliphatic heterocycles. The number of esters is 2. The van der Waals surface area contributed by atoms with Crippen molar-refractivity contribution in [2.75, 3.05) is 41.0 Å². The first-order valence-corrected chi connectivity index (χ1v) is 24.9. The first-order chi connectivity index (χ1) is 28.6. The van der Waals surface area contributed by atoms with Crippen LogP contribution in [0.4, 0.5) is 0 Å². The predicted molar refractivity (Wildman–Crippen MR) is 245 cm³/mol. The Morgan fingerprint density at radius 2 is 0.949 bits per heavy atom. The van der Waals surface area contributed by atoms with Crippen LogP contribution in [0, 0.1) is 0 Å². The average Bonchev–Trinajstić information content (AvgIpc) is 3.19. The van der Waals surface area contributed by atoms with Crippen molar-refractivity contribution in [1.82, 2.24) is 0 Å².